The molecule has 2 rings (SSSR count). The van der Waals surface area contributed by atoms with Crippen molar-refractivity contribution in [3.05, 3.63) is 24.3 Å². The maximum Gasteiger partial charge on any atom is 0.278 e. The predicted molar refractivity (Wildman–Crippen MR) is 83.7 cm³/mol. The van der Waals surface area contributed by atoms with Gasteiger partial charge in [0.05, 0.1) is 31.8 Å². The lowest BCUT2D eigenvalue weighted by atomic mass is 10.1. The molecule has 1 aliphatic heterocycles. The molecule has 0 bridgehead atoms. The summed E-state index contributed by atoms with van der Waals surface area (Å²) < 4.78 is 5.69. The molecule has 1 fully saturated rings. The Balaban J connectivity index is 1.91. The maximum absolute atomic E-state index is 12.1. The molecule has 0 aromatic heterocycles. The Morgan fingerprint density at radius 3 is 3.05 bits per heavy atom. The molecule has 4 N–H and O–H groups in total. The van der Waals surface area contributed by atoms with Crippen LogP contribution >= 0.6 is 0 Å². The van der Waals surface area contributed by atoms with Crippen LogP contribution in [0.15, 0.2) is 24.3 Å². The third kappa shape index (κ3) is 4.73. The molecule has 0 saturated carbocycles. The average Bonchev–Trinajstić information content (AvgIpc) is 2.51. The number of rotatable bonds is 7. The van der Waals surface area contributed by atoms with Crippen LogP contribution in [0.3, 0.4) is 0 Å². The van der Waals surface area contributed by atoms with Gasteiger partial charge in [-0.1, -0.05) is 25.5 Å². The van der Waals surface area contributed by atoms with E-state index < -0.39 is 0 Å². The second-order valence-electron chi connectivity index (χ2n) is 5.37. The molecule has 120 valence electrons. The third-order valence-corrected chi connectivity index (χ3v) is 3.55. The molecule has 6 nitrogen and oxygen atoms in total. The van der Waals surface area contributed by atoms with Crippen molar-refractivity contribution < 1.29 is 19.6 Å². The summed E-state index contributed by atoms with van der Waals surface area (Å²) in [5, 5.41) is 7.52. The highest BCUT2D eigenvalue weighted by Crippen LogP contribution is 2.24. The zero-order valence-corrected chi connectivity index (χ0v) is 12.9. The van der Waals surface area contributed by atoms with E-state index >= 15 is 0 Å². The van der Waals surface area contributed by atoms with Crippen LogP contribution < -0.4 is 20.7 Å². The van der Waals surface area contributed by atoms with Gasteiger partial charge in [0.1, 0.15) is 5.75 Å². The third-order valence-electron chi connectivity index (χ3n) is 3.55. The highest BCUT2D eigenvalue weighted by molar-refractivity contribution is 5.95. The number of benzene rings is 1. The number of hydrogen-bond acceptors (Lipinski definition) is 3. The number of para-hydroxylation sites is 2. The summed E-state index contributed by atoms with van der Waals surface area (Å²) in [6.07, 6.45) is 2.19. The fourth-order valence-corrected chi connectivity index (χ4v) is 2.32. The molecule has 6 heteroatoms. The lowest BCUT2D eigenvalue weighted by Gasteiger charge is -2.20. The molecule has 1 aromatic rings. The van der Waals surface area contributed by atoms with E-state index in [1.807, 2.05) is 29.6 Å². The summed E-state index contributed by atoms with van der Waals surface area (Å²) in [6, 6.07) is 7.03. The summed E-state index contributed by atoms with van der Waals surface area (Å²) in [6.45, 7) is 4.19. The van der Waals surface area contributed by atoms with Crippen molar-refractivity contribution in [2.24, 2.45) is 0 Å². The standard InChI is InChI=1S/C16H23N3O3/c1-2-3-10-22-14-7-5-4-6-12(14)19-15(20)11-13-16(21)18-9-8-17-13/h4-7,13,17H,2-3,8-11H2,1H3,(H,18,21)(H,19,20)/p+1/t13-/m1/s1. The zero-order valence-electron chi connectivity index (χ0n) is 12.9. The number of piperazine rings is 1. The number of anilines is 1. The smallest absolute Gasteiger partial charge is 0.278 e. The lowest BCUT2D eigenvalue weighted by Crippen LogP contribution is -2.96. The van der Waals surface area contributed by atoms with E-state index in [9.17, 15) is 9.59 Å². The van der Waals surface area contributed by atoms with Crippen molar-refractivity contribution in [3.63, 3.8) is 0 Å². The number of nitrogens with one attached hydrogen (secondary N) is 2. The van der Waals surface area contributed by atoms with Gasteiger partial charge in [-0.05, 0) is 18.6 Å². The predicted octanol–water partition coefficient (Wildman–Crippen LogP) is 0.256. The number of hydrogen-bond donors (Lipinski definition) is 3. The minimum absolute atomic E-state index is 0.0751. The number of unbranched alkanes of at least 4 members (excludes halogenated alkanes) is 1. The van der Waals surface area contributed by atoms with Crippen LogP contribution in [-0.2, 0) is 9.59 Å². The van der Waals surface area contributed by atoms with E-state index in [1.54, 1.807) is 0 Å². The van der Waals surface area contributed by atoms with Crippen molar-refractivity contribution in [1.82, 2.24) is 5.32 Å². The summed E-state index contributed by atoms with van der Waals surface area (Å²) in [5.41, 5.74) is 0.653. The molecule has 0 aliphatic carbocycles. The van der Waals surface area contributed by atoms with E-state index in [4.69, 9.17) is 4.74 Å². The number of carbonyl (C=O) groups is 2. The normalized spacial score (nSPS) is 17.7. The molecule has 1 aromatic carbocycles. The van der Waals surface area contributed by atoms with E-state index in [1.165, 1.54) is 0 Å². The second-order valence-corrected chi connectivity index (χ2v) is 5.37. The van der Waals surface area contributed by atoms with Gasteiger partial charge in [0, 0.05) is 0 Å². The van der Waals surface area contributed by atoms with Gasteiger partial charge >= 0.3 is 0 Å². The topological polar surface area (TPSA) is 84.0 Å². The highest BCUT2D eigenvalue weighted by Gasteiger charge is 2.28. The van der Waals surface area contributed by atoms with Crippen LogP contribution in [0.4, 0.5) is 5.69 Å². The summed E-state index contributed by atoms with van der Waals surface area (Å²) >= 11 is 0. The Kier molecular flexibility index (Phi) is 6.21. The van der Waals surface area contributed by atoms with Gasteiger partial charge in [-0.2, -0.15) is 0 Å². The van der Waals surface area contributed by atoms with Crippen molar-refractivity contribution in [3.8, 4) is 5.75 Å². The van der Waals surface area contributed by atoms with E-state index in [0.29, 0.717) is 24.6 Å². The maximum atomic E-state index is 12.1. The molecular weight excluding hydrogens is 282 g/mol. The van der Waals surface area contributed by atoms with E-state index in [0.717, 1.165) is 19.4 Å². The monoisotopic (exact) mass is 306 g/mol. The van der Waals surface area contributed by atoms with Crippen LogP contribution in [0.25, 0.3) is 0 Å². The summed E-state index contributed by atoms with van der Waals surface area (Å²) in [5.74, 6) is 0.417. The lowest BCUT2D eigenvalue weighted by molar-refractivity contribution is -0.678. The minimum atomic E-state index is -0.345. The molecule has 2 amide bonds. The Labute approximate surface area is 130 Å². The molecule has 1 saturated heterocycles. The summed E-state index contributed by atoms with van der Waals surface area (Å²) in [7, 11) is 0. The number of amides is 2. The molecule has 22 heavy (non-hydrogen) atoms. The number of quaternary nitrogens is 1. The molecular formula is C16H24N3O3+. The fourth-order valence-electron chi connectivity index (χ4n) is 2.32. The van der Waals surface area contributed by atoms with Crippen molar-refractivity contribution in [2.75, 3.05) is 25.0 Å². The Bertz CT molecular complexity index is 519. The van der Waals surface area contributed by atoms with Crippen LogP contribution in [0.2, 0.25) is 0 Å². The van der Waals surface area contributed by atoms with Gasteiger partial charge in [-0.15, -0.1) is 0 Å². The number of ether oxygens (including phenoxy) is 1. The van der Waals surface area contributed by atoms with Crippen molar-refractivity contribution >= 4 is 17.5 Å². The highest BCUT2D eigenvalue weighted by atomic mass is 16.5. The molecule has 0 radical (unpaired) electrons. The van der Waals surface area contributed by atoms with Crippen LogP contribution in [0.1, 0.15) is 26.2 Å². The first kappa shape index (κ1) is 16.3. The van der Waals surface area contributed by atoms with E-state index in [-0.39, 0.29) is 24.3 Å². The summed E-state index contributed by atoms with van der Waals surface area (Å²) in [4.78, 5) is 23.8. The first-order valence-electron chi connectivity index (χ1n) is 7.83. The van der Waals surface area contributed by atoms with Crippen LogP contribution in [0, 0.1) is 0 Å². The largest absolute Gasteiger partial charge is 0.491 e. The number of nitrogens with two attached hydrogens (primary N) is 1. The molecule has 1 heterocycles. The Hall–Kier alpha value is -2.08. The quantitative estimate of drug-likeness (QED) is 0.632. The molecule has 0 spiro atoms. The Morgan fingerprint density at radius 2 is 2.27 bits per heavy atom. The van der Waals surface area contributed by atoms with Gasteiger partial charge in [-0.3, -0.25) is 9.59 Å². The first-order valence-corrected chi connectivity index (χ1v) is 7.83. The van der Waals surface area contributed by atoms with Gasteiger partial charge in [0.2, 0.25) is 5.91 Å². The van der Waals surface area contributed by atoms with Gasteiger partial charge in [0.15, 0.2) is 6.04 Å². The van der Waals surface area contributed by atoms with E-state index in [2.05, 4.69) is 17.6 Å². The van der Waals surface area contributed by atoms with Crippen molar-refractivity contribution in [1.29, 1.82) is 0 Å². The molecule has 1 atom stereocenters. The molecule has 0 unspecified atom stereocenters. The first-order chi connectivity index (χ1) is 10.7. The average molecular weight is 306 g/mol. The van der Waals surface area contributed by atoms with Crippen LogP contribution in [0.5, 0.6) is 5.75 Å². The van der Waals surface area contributed by atoms with Crippen molar-refractivity contribution in [2.45, 2.75) is 32.2 Å². The van der Waals surface area contributed by atoms with Gasteiger partial charge in [-0.25, -0.2) is 0 Å². The second kappa shape index (κ2) is 8.38. The fraction of sp³-hybridized carbons (Fsp3) is 0.500. The number of carbonyl (C=O) groups excluding carboxylic acids is 2. The SMILES string of the molecule is CCCCOc1ccccc1NC(=O)C[C@H]1[NH2+]CCNC1=O. The minimum Gasteiger partial charge on any atom is -0.491 e. The zero-order chi connectivity index (χ0) is 15.8. The van der Waals surface area contributed by atoms with Gasteiger partial charge < -0.3 is 20.7 Å². The Morgan fingerprint density at radius 1 is 1.45 bits per heavy atom. The molecule has 1 aliphatic rings. The van der Waals surface area contributed by atoms with Gasteiger partial charge in [0.25, 0.3) is 5.91 Å². The van der Waals surface area contributed by atoms with Crippen LogP contribution in [-0.4, -0.2) is 37.6 Å².